The lowest BCUT2D eigenvalue weighted by molar-refractivity contribution is 0.282. The number of aliphatic hydroxyl groups excluding tert-OH is 1. The number of rotatable bonds is 5. The van der Waals surface area contributed by atoms with E-state index in [9.17, 15) is 8.42 Å². The molecule has 0 saturated heterocycles. The number of benzene rings is 2. The molecule has 21 heavy (non-hydrogen) atoms. The number of hydrogen-bond donors (Lipinski definition) is 2. The van der Waals surface area contributed by atoms with Gasteiger partial charge < -0.3 is 5.11 Å². The maximum absolute atomic E-state index is 12.2. The highest BCUT2D eigenvalue weighted by Crippen LogP contribution is 2.25. The molecule has 0 unspecified atom stereocenters. The molecule has 112 valence electrons. The van der Waals surface area contributed by atoms with Crippen LogP contribution in [0.4, 0.5) is 5.69 Å². The first-order chi connectivity index (χ1) is 9.91. The van der Waals surface area contributed by atoms with Gasteiger partial charge in [0.05, 0.1) is 18.0 Å². The van der Waals surface area contributed by atoms with Crippen molar-refractivity contribution in [3.8, 4) is 0 Å². The average Bonchev–Trinajstić information content (AvgIpc) is 2.43. The molecule has 2 rings (SSSR count). The maximum atomic E-state index is 12.2. The number of hydrogen-bond acceptors (Lipinski definition) is 3. The summed E-state index contributed by atoms with van der Waals surface area (Å²) in [4.78, 5) is 0. The summed E-state index contributed by atoms with van der Waals surface area (Å²) in [5.41, 5.74) is 2.73. The Balaban J connectivity index is 2.20. The molecule has 6 heteroatoms. The molecule has 0 atom stereocenters. The first-order valence-corrected chi connectivity index (χ1v) is 8.80. The van der Waals surface area contributed by atoms with Gasteiger partial charge in [-0.1, -0.05) is 46.3 Å². The highest BCUT2D eigenvalue weighted by Gasteiger charge is 2.14. The summed E-state index contributed by atoms with van der Waals surface area (Å²) in [5.74, 6) is -0.132. The average molecular weight is 370 g/mol. The van der Waals surface area contributed by atoms with Gasteiger partial charge in [0.15, 0.2) is 0 Å². The normalized spacial score (nSPS) is 11.4. The zero-order valence-electron chi connectivity index (χ0n) is 11.5. The van der Waals surface area contributed by atoms with E-state index in [4.69, 9.17) is 5.11 Å². The van der Waals surface area contributed by atoms with Crippen LogP contribution in [0.1, 0.15) is 16.7 Å². The summed E-state index contributed by atoms with van der Waals surface area (Å²) >= 11 is 3.38. The SMILES string of the molecule is Cc1c(Br)cccc1NS(=O)(=O)Cc1cccc(CO)c1. The van der Waals surface area contributed by atoms with Crippen LogP contribution in [0.25, 0.3) is 0 Å². The molecule has 0 radical (unpaired) electrons. The lowest BCUT2D eigenvalue weighted by atomic mass is 10.1. The second-order valence-corrected chi connectivity index (χ2v) is 7.33. The van der Waals surface area contributed by atoms with Gasteiger partial charge >= 0.3 is 0 Å². The Morgan fingerprint density at radius 2 is 1.81 bits per heavy atom. The van der Waals surface area contributed by atoms with E-state index < -0.39 is 10.0 Å². The fourth-order valence-corrected chi connectivity index (χ4v) is 3.57. The lowest BCUT2D eigenvalue weighted by Gasteiger charge is -2.12. The van der Waals surface area contributed by atoms with Gasteiger partial charge in [-0.3, -0.25) is 4.72 Å². The molecule has 4 nitrogen and oxygen atoms in total. The van der Waals surface area contributed by atoms with Crippen LogP contribution in [0, 0.1) is 6.92 Å². The molecule has 2 aromatic rings. The Hall–Kier alpha value is -1.37. The van der Waals surface area contributed by atoms with E-state index in [0.29, 0.717) is 16.8 Å². The molecule has 2 N–H and O–H groups in total. The molecule has 0 aliphatic rings. The second-order valence-electron chi connectivity index (χ2n) is 4.75. The van der Waals surface area contributed by atoms with Gasteiger partial charge in [0.25, 0.3) is 0 Å². The quantitative estimate of drug-likeness (QED) is 0.850. The van der Waals surface area contributed by atoms with E-state index in [1.165, 1.54) is 0 Å². The Labute approximate surface area is 133 Å². The monoisotopic (exact) mass is 369 g/mol. The van der Waals surface area contributed by atoms with Crippen molar-refractivity contribution in [3.05, 3.63) is 63.6 Å². The summed E-state index contributed by atoms with van der Waals surface area (Å²) in [6.45, 7) is 1.74. The molecular weight excluding hydrogens is 354 g/mol. The molecule has 0 bridgehead atoms. The van der Waals surface area contributed by atoms with E-state index in [1.54, 1.807) is 36.4 Å². The highest BCUT2D eigenvalue weighted by atomic mass is 79.9. The molecule has 0 aliphatic heterocycles. The smallest absolute Gasteiger partial charge is 0.236 e. The van der Waals surface area contributed by atoms with E-state index in [0.717, 1.165) is 10.0 Å². The fraction of sp³-hybridized carbons (Fsp3) is 0.200. The molecule has 0 heterocycles. The summed E-state index contributed by atoms with van der Waals surface area (Å²) in [6.07, 6.45) is 0. The minimum Gasteiger partial charge on any atom is -0.392 e. The van der Waals surface area contributed by atoms with Crippen molar-refractivity contribution < 1.29 is 13.5 Å². The first-order valence-electron chi connectivity index (χ1n) is 6.35. The highest BCUT2D eigenvalue weighted by molar-refractivity contribution is 9.10. The van der Waals surface area contributed by atoms with Crippen LogP contribution in [0.5, 0.6) is 0 Å². The minimum absolute atomic E-state index is 0.105. The zero-order valence-corrected chi connectivity index (χ0v) is 13.9. The number of nitrogens with one attached hydrogen (secondary N) is 1. The number of sulfonamides is 1. The number of anilines is 1. The van der Waals surface area contributed by atoms with Gasteiger partial charge in [-0.05, 0) is 35.7 Å². The molecule has 0 saturated carbocycles. The zero-order chi connectivity index (χ0) is 15.5. The predicted molar refractivity (Wildman–Crippen MR) is 87.5 cm³/mol. The molecule has 0 aliphatic carbocycles. The maximum Gasteiger partial charge on any atom is 0.236 e. The Morgan fingerprint density at radius 1 is 1.14 bits per heavy atom. The minimum atomic E-state index is -3.50. The van der Waals surface area contributed by atoms with Crippen LogP contribution in [0.2, 0.25) is 0 Å². The molecule has 0 aromatic heterocycles. The standard InChI is InChI=1S/C15H16BrNO3S/c1-11-14(16)6-3-7-15(11)17-21(19,20)10-13-5-2-4-12(8-13)9-18/h2-8,17-18H,9-10H2,1H3. The fourth-order valence-electron chi connectivity index (χ4n) is 1.96. The molecule has 0 spiro atoms. The van der Waals surface area contributed by atoms with E-state index >= 15 is 0 Å². The van der Waals surface area contributed by atoms with E-state index in [-0.39, 0.29) is 12.4 Å². The summed E-state index contributed by atoms with van der Waals surface area (Å²) < 4.78 is 27.9. The third kappa shape index (κ3) is 4.30. The van der Waals surface area contributed by atoms with Gasteiger partial charge in [0.2, 0.25) is 10.0 Å². The van der Waals surface area contributed by atoms with Gasteiger partial charge in [-0.25, -0.2) is 8.42 Å². The van der Waals surface area contributed by atoms with Crippen molar-refractivity contribution in [2.24, 2.45) is 0 Å². The van der Waals surface area contributed by atoms with Crippen molar-refractivity contribution in [2.45, 2.75) is 19.3 Å². The third-order valence-corrected chi connectivity index (χ3v) is 5.17. The van der Waals surface area contributed by atoms with E-state index in [2.05, 4.69) is 20.7 Å². The van der Waals surface area contributed by atoms with Gasteiger partial charge in [0, 0.05) is 4.47 Å². The van der Waals surface area contributed by atoms with Crippen molar-refractivity contribution in [2.75, 3.05) is 4.72 Å². The molecule has 2 aromatic carbocycles. The van der Waals surface area contributed by atoms with Crippen molar-refractivity contribution in [1.82, 2.24) is 0 Å². The van der Waals surface area contributed by atoms with Gasteiger partial charge in [0.1, 0.15) is 0 Å². The topological polar surface area (TPSA) is 66.4 Å². The van der Waals surface area contributed by atoms with Crippen molar-refractivity contribution in [3.63, 3.8) is 0 Å². The first kappa shape index (κ1) is 16.0. The largest absolute Gasteiger partial charge is 0.392 e. The second kappa shape index (κ2) is 6.60. The predicted octanol–water partition coefficient (Wildman–Crippen LogP) is 3.19. The third-order valence-electron chi connectivity index (χ3n) is 3.06. The van der Waals surface area contributed by atoms with Crippen LogP contribution >= 0.6 is 15.9 Å². The lowest BCUT2D eigenvalue weighted by Crippen LogP contribution is -2.16. The summed E-state index contributed by atoms with van der Waals surface area (Å²) in [5, 5.41) is 9.09. The van der Waals surface area contributed by atoms with Crippen LogP contribution in [-0.4, -0.2) is 13.5 Å². The summed E-state index contributed by atoms with van der Waals surface area (Å²) in [6, 6.07) is 12.3. The molecular formula is C15H16BrNO3S. The van der Waals surface area contributed by atoms with Crippen LogP contribution in [-0.2, 0) is 22.4 Å². The van der Waals surface area contributed by atoms with Gasteiger partial charge in [-0.2, -0.15) is 0 Å². The van der Waals surface area contributed by atoms with Crippen molar-refractivity contribution >= 4 is 31.6 Å². The number of aliphatic hydroxyl groups is 1. The Kier molecular flexibility index (Phi) is 5.03. The van der Waals surface area contributed by atoms with E-state index in [1.807, 2.05) is 13.0 Å². The summed E-state index contributed by atoms with van der Waals surface area (Å²) in [7, 11) is -3.50. The Morgan fingerprint density at radius 3 is 2.52 bits per heavy atom. The van der Waals surface area contributed by atoms with Crippen LogP contribution in [0.3, 0.4) is 0 Å². The van der Waals surface area contributed by atoms with Crippen molar-refractivity contribution in [1.29, 1.82) is 0 Å². The number of halogens is 1. The molecule has 0 amide bonds. The van der Waals surface area contributed by atoms with Gasteiger partial charge in [-0.15, -0.1) is 0 Å². The van der Waals surface area contributed by atoms with Crippen LogP contribution in [0.15, 0.2) is 46.9 Å². The van der Waals surface area contributed by atoms with Crippen LogP contribution < -0.4 is 4.72 Å². The molecule has 0 fully saturated rings. The Bertz CT molecular complexity index is 744.